The van der Waals surface area contributed by atoms with Gasteiger partial charge in [-0.15, -0.1) is 0 Å². The maximum atomic E-state index is 11.7. The molecule has 0 aromatic rings. The largest absolute Gasteiger partial charge is 0.481 e. The highest BCUT2D eigenvalue weighted by atomic mass is 32.2. The van der Waals surface area contributed by atoms with Gasteiger partial charge in [0.05, 0.1) is 12.2 Å². The lowest BCUT2D eigenvalue weighted by molar-refractivity contribution is -0.136. The number of sulfonamides is 1. The first kappa shape index (κ1) is 14.4. The average molecular weight is 237 g/mol. The molecule has 15 heavy (non-hydrogen) atoms. The molecular weight excluding hydrogens is 218 g/mol. The molecule has 5 nitrogen and oxygen atoms in total. The Hall–Kier alpha value is -0.620. The lowest BCUT2D eigenvalue weighted by Crippen LogP contribution is -2.36. The topological polar surface area (TPSA) is 74.7 Å². The van der Waals surface area contributed by atoms with E-state index in [0.29, 0.717) is 13.1 Å². The van der Waals surface area contributed by atoms with Crippen LogP contribution in [0.3, 0.4) is 0 Å². The van der Waals surface area contributed by atoms with Gasteiger partial charge < -0.3 is 5.11 Å². The van der Waals surface area contributed by atoms with E-state index in [1.165, 1.54) is 4.31 Å². The molecule has 6 heteroatoms. The number of hydrogen-bond donors (Lipinski definition) is 1. The van der Waals surface area contributed by atoms with E-state index >= 15 is 0 Å². The van der Waals surface area contributed by atoms with E-state index in [0.717, 1.165) is 0 Å². The highest BCUT2D eigenvalue weighted by molar-refractivity contribution is 7.89. The molecule has 0 aromatic heterocycles. The van der Waals surface area contributed by atoms with Crippen LogP contribution >= 0.6 is 0 Å². The first-order chi connectivity index (χ1) is 6.79. The van der Waals surface area contributed by atoms with Crippen LogP contribution in [0.2, 0.25) is 0 Å². The molecule has 0 aliphatic rings. The standard InChI is InChI=1S/C9H19NO4S/c1-4-10(7-8(2)3)15(13,14)6-5-9(11)12/h8H,4-7H2,1-3H3,(H,11,12). The van der Waals surface area contributed by atoms with E-state index in [9.17, 15) is 13.2 Å². The van der Waals surface area contributed by atoms with Crippen molar-refractivity contribution < 1.29 is 18.3 Å². The quantitative estimate of drug-likeness (QED) is 0.709. The fourth-order valence-electron chi connectivity index (χ4n) is 1.19. The number of carboxylic acids is 1. The van der Waals surface area contributed by atoms with Crippen LogP contribution in [-0.2, 0) is 14.8 Å². The number of carbonyl (C=O) groups is 1. The molecular formula is C9H19NO4S. The van der Waals surface area contributed by atoms with Crippen molar-refractivity contribution in [2.45, 2.75) is 27.2 Å². The number of aliphatic carboxylic acids is 1. The van der Waals surface area contributed by atoms with Gasteiger partial charge in [0.15, 0.2) is 0 Å². The van der Waals surface area contributed by atoms with E-state index in [1.807, 2.05) is 13.8 Å². The maximum Gasteiger partial charge on any atom is 0.304 e. The molecule has 0 aliphatic carbocycles. The Kier molecular flexibility index (Phi) is 5.82. The third-order valence-corrected chi connectivity index (χ3v) is 3.80. The molecule has 0 heterocycles. The van der Waals surface area contributed by atoms with E-state index in [4.69, 9.17) is 5.11 Å². The fourth-order valence-corrected chi connectivity index (χ4v) is 2.80. The summed E-state index contributed by atoms with van der Waals surface area (Å²) in [5.74, 6) is -1.16. The van der Waals surface area contributed by atoms with Gasteiger partial charge >= 0.3 is 5.97 Å². The van der Waals surface area contributed by atoms with Gasteiger partial charge in [0.25, 0.3) is 0 Å². The molecule has 0 aromatic carbocycles. The van der Waals surface area contributed by atoms with Crippen LogP contribution < -0.4 is 0 Å². The Morgan fingerprint density at radius 2 is 1.93 bits per heavy atom. The smallest absolute Gasteiger partial charge is 0.304 e. The van der Waals surface area contributed by atoms with Gasteiger partial charge in [-0.2, -0.15) is 0 Å². The molecule has 0 aliphatic heterocycles. The van der Waals surface area contributed by atoms with Gasteiger partial charge in [0, 0.05) is 13.1 Å². The molecule has 0 spiro atoms. The summed E-state index contributed by atoms with van der Waals surface area (Å²) in [6.45, 7) is 6.43. The van der Waals surface area contributed by atoms with Crippen molar-refractivity contribution in [3.8, 4) is 0 Å². The summed E-state index contributed by atoms with van der Waals surface area (Å²) >= 11 is 0. The normalized spacial score (nSPS) is 12.3. The molecule has 1 N–H and O–H groups in total. The fraction of sp³-hybridized carbons (Fsp3) is 0.889. The summed E-state index contributed by atoms with van der Waals surface area (Å²) in [4.78, 5) is 10.3. The molecule has 0 radical (unpaired) electrons. The Bertz CT molecular complexity index is 297. The minimum atomic E-state index is -3.41. The van der Waals surface area contributed by atoms with E-state index in [1.54, 1.807) is 6.92 Å². The van der Waals surface area contributed by atoms with Crippen molar-refractivity contribution in [2.24, 2.45) is 5.92 Å². The zero-order valence-electron chi connectivity index (χ0n) is 9.43. The summed E-state index contributed by atoms with van der Waals surface area (Å²) in [5.41, 5.74) is 0. The Morgan fingerprint density at radius 3 is 2.27 bits per heavy atom. The zero-order valence-corrected chi connectivity index (χ0v) is 10.2. The van der Waals surface area contributed by atoms with Crippen LogP contribution in [0.25, 0.3) is 0 Å². The summed E-state index contributed by atoms with van der Waals surface area (Å²) in [6, 6.07) is 0. The first-order valence-electron chi connectivity index (χ1n) is 4.99. The average Bonchev–Trinajstić information content (AvgIpc) is 2.10. The second-order valence-corrected chi connectivity index (χ2v) is 5.89. The van der Waals surface area contributed by atoms with Crippen molar-refractivity contribution in [3.05, 3.63) is 0 Å². The van der Waals surface area contributed by atoms with Crippen LogP contribution in [0, 0.1) is 5.92 Å². The molecule has 90 valence electrons. The maximum absolute atomic E-state index is 11.7. The molecule has 0 unspecified atom stereocenters. The van der Waals surface area contributed by atoms with Crippen molar-refractivity contribution in [1.82, 2.24) is 4.31 Å². The first-order valence-corrected chi connectivity index (χ1v) is 6.60. The number of carboxylic acid groups (broad SMARTS) is 1. The molecule has 0 fully saturated rings. The van der Waals surface area contributed by atoms with Crippen molar-refractivity contribution >= 4 is 16.0 Å². The van der Waals surface area contributed by atoms with Crippen LogP contribution in [-0.4, -0.2) is 42.6 Å². The summed E-state index contributed by atoms with van der Waals surface area (Å²) in [5, 5.41) is 8.43. The predicted molar refractivity (Wildman–Crippen MR) is 58.1 cm³/mol. The van der Waals surface area contributed by atoms with E-state index < -0.39 is 16.0 Å². The summed E-state index contributed by atoms with van der Waals surface area (Å²) < 4.78 is 24.7. The minimum Gasteiger partial charge on any atom is -0.481 e. The lowest BCUT2D eigenvalue weighted by Gasteiger charge is -2.21. The lowest BCUT2D eigenvalue weighted by atomic mass is 10.2. The van der Waals surface area contributed by atoms with Crippen LogP contribution in [0.15, 0.2) is 0 Å². The highest BCUT2D eigenvalue weighted by Crippen LogP contribution is 2.07. The Balaban J connectivity index is 4.45. The van der Waals surface area contributed by atoms with Gasteiger partial charge in [-0.25, -0.2) is 12.7 Å². The Morgan fingerprint density at radius 1 is 1.40 bits per heavy atom. The van der Waals surface area contributed by atoms with Gasteiger partial charge in [-0.1, -0.05) is 20.8 Å². The molecule has 0 amide bonds. The highest BCUT2D eigenvalue weighted by Gasteiger charge is 2.21. The van der Waals surface area contributed by atoms with Crippen LogP contribution in [0.5, 0.6) is 0 Å². The molecule has 0 rings (SSSR count). The van der Waals surface area contributed by atoms with E-state index in [2.05, 4.69) is 0 Å². The SMILES string of the molecule is CCN(CC(C)C)S(=O)(=O)CCC(=O)O. The van der Waals surface area contributed by atoms with Crippen LogP contribution in [0.1, 0.15) is 27.2 Å². The minimum absolute atomic E-state index is 0.240. The molecule has 0 bridgehead atoms. The number of nitrogens with zero attached hydrogens (tertiary/aromatic N) is 1. The molecule has 0 saturated heterocycles. The van der Waals surface area contributed by atoms with Crippen molar-refractivity contribution in [1.29, 1.82) is 0 Å². The van der Waals surface area contributed by atoms with Crippen molar-refractivity contribution in [2.75, 3.05) is 18.8 Å². The Labute approximate surface area is 91.1 Å². The van der Waals surface area contributed by atoms with Crippen LogP contribution in [0.4, 0.5) is 0 Å². The number of hydrogen-bond acceptors (Lipinski definition) is 3. The van der Waals surface area contributed by atoms with E-state index in [-0.39, 0.29) is 18.1 Å². The van der Waals surface area contributed by atoms with Gasteiger partial charge in [0.1, 0.15) is 0 Å². The van der Waals surface area contributed by atoms with Gasteiger partial charge in [-0.05, 0) is 5.92 Å². The van der Waals surface area contributed by atoms with Gasteiger partial charge in [0.2, 0.25) is 10.0 Å². The van der Waals surface area contributed by atoms with Gasteiger partial charge in [-0.3, -0.25) is 4.79 Å². The second-order valence-electron chi connectivity index (χ2n) is 3.80. The summed E-state index contributed by atoms with van der Waals surface area (Å²) in [7, 11) is -3.41. The van der Waals surface area contributed by atoms with Crippen molar-refractivity contribution in [3.63, 3.8) is 0 Å². The monoisotopic (exact) mass is 237 g/mol. The third kappa shape index (κ3) is 5.74. The second kappa shape index (κ2) is 6.07. The molecule has 0 atom stereocenters. The zero-order chi connectivity index (χ0) is 12.1. The summed E-state index contributed by atoms with van der Waals surface area (Å²) in [6.07, 6.45) is -0.336. The molecule has 0 saturated carbocycles. The predicted octanol–water partition coefficient (Wildman–Crippen LogP) is 0.769. The number of rotatable bonds is 7. The third-order valence-electron chi connectivity index (χ3n) is 1.89.